The van der Waals surface area contributed by atoms with E-state index in [1.165, 1.54) is 28.3 Å². The minimum atomic E-state index is -0.300. The number of benzene rings is 2. The molecule has 0 spiro atoms. The van der Waals surface area contributed by atoms with E-state index < -0.39 is 0 Å². The van der Waals surface area contributed by atoms with Crippen LogP contribution in [0.4, 0.5) is 5.69 Å². The Morgan fingerprint density at radius 3 is 2.04 bits per heavy atom. The maximum atomic E-state index is 12.5. The summed E-state index contributed by atoms with van der Waals surface area (Å²) in [6.45, 7) is 2.15. The van der Waals surface area contributed by atoms with E-state index in [0.717, 1.165) is 5.69 Å². The van der Waals surface area contributed by atoms with Gasteiger partial charge < -0.3 is 24.4 Å². The zero-order chi connectivity index (χ0) is 19.8. The second-order valence-electron chi connectivity index (χ2n) is 5.68. The Morgan fingerprint density at radius 2 is 1.56 bits per heavy atom. The minimum Gasteiger partial charge on any atom is -0.493 e. The predicted octanol–water partition coefficient (Wildman–Crippen LogP) is 2.50. The molecule has 0 heterocycles. The maximum absolute atomic E-state index is 12.5. The van der Waals surface area contributed by atoms with E-state index in [4.69, 9.17) is 14.2 Å². The van der Waals surface area contributed by atoms with Crippen LogP contribution >= 0.6 is 0 Å². The van der Waals surface area contributed by atoms with Crippen LogP contribution in [0.25, 0.3) is 0 Å². The number of carbonyl (C=O) groups is 2. The van der Waals surface area contributed by atoms with E-state index in [1.807, 2.05) is 30.3 Å². The zero-order valence-corrected chi connectivity index (χ0v) is 15.9. The standard InChI is InChI=1S/C20H24N2O5/c1-14(23)22(16-8-6-5-7-9-16)11-10-21-20(24)15-12-17(25-2)19(27-4)18(13-15)26-3/h5-9,12-13H,10-11H2,1-4H3,(H,21,24). The average Bonchev–Trinajstić information content (AvgIpc) is 2.70. The first kappa shape index (κ1) is 20.1. The summed E-state index contributed by atoms with van der Waals surface area (Å²) in [6.07, 6.45) is 0. The van der Waals surface area contributed by atoms with Crippen LogP contribution in [0.1, 0.15) is 17.3 Å². The summed E-state index contributed by atoms with van der Waals surface area (Å²) in [7, 11) is 4.48. The molecule has 2 aromatic rings. The molecule has 0 radical (unpaired) electrons. The van der Waals surface area contributed by atoms with Crippen LogP contribution in [-0.4, -0.2) is 46.2 Å². The zero-order valence-electron chi connectivity index (χ0n) is 15.9. The van der Waals surface area contributed by atoms with Crippen LogP contribution in [0.15, 0.2) is 42.5 Å². The molecule has 0 saturated carbocycles. The first-order valence-electron chi connectivity index (χ1n) is 8.43. The number of ether oxygens (including phenoxy) is 3. The van der Waals surface area contributed by atoms with Gasteiger partial charge in [0.1, 0.15) is 0 Å². The van der Waals surface area contributed by atoms with E-state index >= 15 is 0 Å². The van der Waals surface area contributed by atoms with Gasteiger partial charge in [-0.05, 0) is 24.3 Å². The number of nitrogens with zero attached hydrogens (tertiary/aromatic N) is 1. The van der Waals surface area contributed by atoms with Crippen molar-refractivity contribution in [2.45, 2.75) is 6.92 Å². The highest BCUT2D eigenvalue weighted by atomic mass is 16.5. The molecule has 2 aromatic carbocycles. The summed E-state index contributed by atoms with van der Waals surface area (Å²) in [4.78, 5) is 26.0. The molecule has 7 heteroatoms. The van der Waals surface area contributed by atoms with Gasteiger partial charge in [-0.25, -0.2) is 0 Å². The van der Waals surface area contributed by atoms with Crippen molar-refractivity contribution in [3.63, 3.8) is 0 Å². The third-order valence-electron chi connectivity index (χ3n) is 4.00. The fourth-order valence-corrected chi connectivity index (χ4v) is 2.67. The number of carbonyl (C=O) groups excluding carboxylic acids is 2. The molecule has 0 aliphatic carbocycles. The summed E-state index contributed by atoms with van der Waals surface area (Å²) in [5.41, 5.74) is 1.16. The van der Waals surface area contributed by atoms with Crippen LogP contribution in [0.2, 0.25) is 0 Å². The molecule has 0 bridgehead atoms. The summed E-state index contributed by atoms with van der Waals surface area (Å²) in [6, 6.07) is 12.5. The van der Waals surface area contributed by atoms with Gasteiger partial charge in [0.15, 0.2) is 11.5 Å². The molecule has 0 aromatic heterocycles. The van der Waals surface area contributed by atoms with Crippen LogP contribution in [0.5, 0.6) is 17.2 Å². The Morgan fingerprint density at radius 1 is 0.963 bits per heavy atom. The number of anilines is 1. The van der Waals surface area contributed by atoms with Gasteiger partial charge in [0.2, 0.25) is 11.7 Å². The molecule has 2 rings (SSSR count). The van der Waals surface area contributed by atoms with Gasteiger partial charge in [0.25, 0.3) is 5.91 Å². The van der Waals surface area contributed by atoms with Gasteiger partial charge in [0.05, 0.1) is 21.3 Å². The number of rotatable bonds is 8. The van der Waals surface area contributed by atoms with Crippen LogP contribution < -0.4 is 24.4 Å². The Hall–Kier alpha value is -3.22. The molecule has 1 N–H and O–H groups in total. The van der Waals surface area contributed by atoms with E-state index in [2.05, 4.69) is 5.32 Å². The van der Waals surface area contributed by atoms with Gasteiger partial charge in [0, 0.05) is 31.3 Å². The van der Waals surface area contributed by atoms with Gasteiger partial charge in [-0.3, -0.25) is 9.59 Å². The number of para-hydroxylation sites is 1. The van der Waals surface area contributed by atoms with E-state index in [1.54, 1.807) is 17.0 Å². The molecule has 2 amide bonds. The van der Waals surface area contributed by atoms with Crippen molar-refractivity contribution in [1.29, 1.82) is 0 Å². The molecule has 0 saturated heterocycles. The molecule has 0 atom stereocenters. The molecule has 27 heavy (non-hydrogen) atoms. The molecule has 7 nitrogen and oxygen atoms in total. The summed E-state index contributed by atoms with van der Waals surface area (Å²) in [5.74, 6) is 0.825. The molecule has 0 aliphatic heterocycles. The average molecular weight is 372 g/mol. The maximum Gasteiger partial charge on any atom is 0.251 e. The van der Waals surface area contributed by atoms with Gasteiger partial charge in [-0.15, -0.1) is 0 Å². The summed E-state index contributed by atoms with van der Waals surface area (Å²) >= 11 is 0. The number of amides is 2. The Labute approximate surface area is 158 Å². The Balaban J connectivity index is 2.08. The number of nitrogens with one attached hydrogen (secondary N) is 1. The van der Waals surface area contributed by atoms with Crippen molar-refractivity contribution in [1.82, 2.24) is 5.32 Å². The molecule has 0 aliphatic rings. The number of hydrogen-bond acceptors (Lipinski definition) is 5. The predicted molar refractivity (Wildman–Crippen MR) is 103 cm³/mol. The second kappa shape index (κ2) is 9.47. The highest BCUT2D eigenvalue weighted by Gasteiger charge is 2.17. The topological polar surface area (TPSA) is 77.1 Å². The third kappa shape index (κ3) is 4.91. The summed E-state index contributed by atoms with van der Waals surface area (Å²) in [5, 5.41) is 2.81. The first-order chi connectivity index (χ1) is 13.0. The SMILES string of the molecule is COc1cc(C(=O)NCCN(C(C)=O)c2ccccc2)cc(OC)c1OC. The van der Waals surface area contributed by atoms with E-state index in [9.17, 15) is 9.59 Å². The monoisotopic (exact) mass is 372 g/mol. The van der Waals surface area contributed by atoms with E-state index in [-0.39, 0.29) is 11.8 Å². The quantitative estimate of drug-likeness (QED) is 0.770. The Kier molecular flexibility index (Phi) is 7.05. The first-order valence-corrected chi connectivity index (χ1v) is 8.43. The lowest BCUT2D eigenvalue weighted by atomic mass is 10.1. The largest absolute Gasteiger partial charge is 0.493 e. The molecular formula is C20H24N2O5. The molecule has 0 fully saturated rings. The lowest BCUT2D eigenvalue weighted by Crippen LogP contribution is -2.37. The lowest BCUT2D eigenvalue weighted by molar-refractivity contribution is -0.116. The van der Waals surface area contributed by atoms with Crippen LogP contribution in [-0.2, 0) is 4.79 Å². The minimum absolute atomic E-state index is 0.0942. The second-order valence-corrected chi connectivity index (χ2v) is 5.68. The normalized spacial score (nSPS) is 10.1. The summed E-state index contributed by atoms with van der Waals surface area (Å²) < 4.78 is 15.8. The van der Waals surface area contributed by atoms with E-state index in [0.29, 0.717) is 35.9 Å². The Bertz CT molecular complexity index is 767. The lowest BCUT2D eigenvalue weighted by Gasteiger charge is -2.21. The number of methoxy groups -OCH3 is 3. The van der Waals surface area contributed by atoms with Crippen molar-refractivity contribution in [2.75, 3.05) is 39.3 Å². The van der Waals surface area contributed by atoms with Crippen LogP contribution in [0.3, 0.4) is 0 Å². The van der Waals surface area contributed by atoms with Crippen molar-refractivity contribution in [3.8, 4) is 17.2 Å². The molecule has 144 valence electrons. The van der Waals surface area contributed by atoms with Crippen molar-refractivity contribution in [2.24, 2.45) is 0 Å². The highest BCUT2D eigenvalue weighted by Crippen LogP contribution is 2.38. The van der Waals surface area contributed by atoms with Crippen LogP contribution in [0, 0.1) is 0 Å². The van der Waals surface area contributed by atoms with Crippen molar-refractivity contribution < 1.29 is 23.8 Å². The van der Waals surface area contributed by atoms with Gasteiger partial charge in [-0.1, -0.05) is 18.2 Å². The fourth-order valence-electron chi connectivity index (χ4n) is 2.67. The fraction of sp³-hybridized carbons (Fsp3) is 0.300. The van der Waals surface area contributed by atoms with Gasteiger partial charge in [-0.2, -0.15) is 0 Å². The smallest absolute Gasteiger partial charge is 0.251 e. The van der Waals surface area contributed by atoms with Crippen molar-refractivity contribution >= 4 is 17.5 Å². The third-order valence-corrected chi connectivity index (χ3v) is 4.00. The number of hydrogen-bond donors (Lipinski definition) is 1. The van der Waals surface area contributed by atoms with Gasteiger partial charge >= 0.3 is 0 Å². The van der Waals surface area contributed by atoms with Crippen molar-refractivity contribution in [3.05, 3.63) is 48.0 Å². The molecular weight excluding hydrogens is 348 g/mol. The highest BCUT2D eigenvalue weighted by molar-refractivity contribution is 5.96. The molecule has 0 unspecified atom stereocenters.